The van der Waals surface area contributed by atoms with Crippen molar-refractivity contribution in [2.75, 3.05) is 12.4 Å². The van der Waals surface area contributed by atoms with Gasteiger partial charge in [0.2, 0.25) is 21.8 Å². The third-order valence-corrected chi connectivity index (χ3v) is 6.40. The smallest absolute Gasteiger partial charge is 0.244 e. The normalized spacial score (nSPS) is 17.0. The summed E-state index contributed by atoms with van der Waals surface area (Å²) in [6.07, 6.45) is 0.319. The van der Waals surface area contributed by atoms with Gasteiger partial charge in [0.15, 0.2) is 0 Å². The Morgan fingerprint density at radius 1 is 1.04 bits per heavy atom. The van der Waals surface area contributed by atoms with Crippen LogP contribution in [0.15, 0.2) is 53.4 Å². The Morgan fingerprint density at radius 3 is 2.26 bits per heavy atom. The molecule has 0 aromatic heterocycles. The van der Waals surface area contributed by atoms with Crippen molar-refractivity contribution in [2.24, 2.45) is 0 Å². The molecule has 142 valence electrons. The van der Waals surface area contributed by atoms with Crippen LogP contribution in [0.5, 0.6) is 0 Å². The van der Waals surface area contributed by atoms with Crippen LogP contribution in [0, 0.1) is 0 Å². The summed E-state index contributed by atoms with van der Waals surface area (Å²) in [5.41, 5.74) is 2.36. The molecule has 1 aliphatic heterocycles. The predicted octanol–water partition coefficient (Wildman–Crippen LogP) is 1.51. The van der Waals surface area contributed by atoms with Gasteiger partial charge in [0.25, 0.3) is 0 Å². The van der Waals surface area contributed by atoms with Crippen molar-refractivity contribution in [1.82, 2.24) is 9.62 Å². The number of likely N-dealkylation sites (N-methyl/N-ethyl adjacent to an activating group) is 1. The topological polar surface area (TPSA) is 95.6 Å². The van der Waals surface area contributed by atoms with Crippen LogP contribution >= 0.6 is 0 Å². The lowest BCUT2D eigenvalue weighted by Crippen LogP contribution is -2.51. The zero-order valence-corrected chi connectivity index (χ0v) is 15.9. The Balaban J connectivity index is 1.97. The van der Waals surface area contributed by atoms with E-state index in [9.17, 15) is 18.0 Å². The van der Waals surface area contributed by atoms with E-state index in [4.69, 9.17) is 0 Å². The van der Waals surface area contributed by atoms with Gasteiger partial charge in [0.1, 0.15) is 6.04 Å². The van der Waals surface area contributed by atoms with Gasteiger partial charge in [-0.2, -0.15) is 4.31 Å². The summed E-state index contributed by atoms with van der Waals surface area (Å²) in [5, 5.41) is 5.16. The summed E-state index contributed by atoms with van der Waals surface area (Å²) in [6, 6.07) is 12.6. The quantitative estimate of drug-likeness (QED) is 0.831. The van der Waals surface area contributed by atoms with Gasteiger partial charge in [0, 0.05) is 26.2 Å². The van der Waals surface area contributed by atoms with Crippen molar-refractivity contribution >= 4 is 27.5 Å². The van der Waals surface area contributed by atoms with Crippen LogP contribution in [0.2, 0.25) is 0 Å². The summed E-state index contributed by atoms with van der Waals surface area (Å²) in [4.78, 5) is 23.6. The minimum absolute atomic E-state index is 0.0740. The number of rotatable bonds is 4. The van der Waals surface area contributed by atoms with E-state index in [0.717, 1.165) is 11.1 Å². The van der Waals surface area contributed by atoms with Crippen molar-refractivity contribution in [3.63, 3.8) is 0 Å². The molecule has 2 amide bonds. The van der Waals surface area contributed by atoms with Crippen LogP contribution in [0.4, 0.5) is 5.69 Å². The van der Waals surface area contributed by atoms with E-state index in [1.807, 2.05) is 24.3 Å². The second-order valence-electron chi connectivity index (χ2n) is 6.36. The minimum Gasteiger partial charge on any atom is -0.358 e. The molecule has 1 aliphatic rings. The van der Waals surface area contributed by atoms with Crippen molar-refractivity contribution in [3.05, 3.63) is 59.7 Å². The van der Waals surface area contributed by atoms with E-state index >= 15 is 0 Å². The fourth-order valence-corrected chi connectivity index (χ4v) is 4.76. The van der Waals surface area contributed by atoms with Gasteiger partial charge >= 0.3 is 0 Å². The summed E-state index contributed by atoms with van der Waals surface area (Å²) < 4.78 is 27.7. The molecule has 0 bridgehead atoms. The lowest BCUT2D eigenvalue weighted by Gasteiger charge is -2.34. The Morgan fingerprint density at radius 2 is 1.67 bits per heavy atom. The van der Waals surface area contributed by atoms with Crippen LogP contribution in [0.3, 0.4) is 0 Å². The highest BCUT2D eigenvalue weighted by atomic mass is 32.2. The van der Waals surface area contributed by atoms with Gasteiger partial charge in [-0.3, -0.25) is 9.59 Å². The molecule has 0 fully saturated rings. The average molecular weight is 387 g/mol. The first-order valence-corrected chi connectivity index (χ1v) is 9.95. The van der Waals surface area contributed by atoms with Crippen LogP contribution in [-0.2, 0) is 32.6 Å². The molecule has 0 saturated heterocycles. The fourth-order valence-electron chi connectivity index (χ4n) is 3.19. The fraction of sp³-hybridized carbons (Fsp3) is 0.263. The molecule has 0 spiro atoms. The Hall–Kier alpha value is -2.71. The predicted molar refractivity (Wildman–Crippen MR) is 101 cm³/mol. The number of nitrogens with one attached hydrogen (secondary N) is 2. The summed E-state index contributed by atoms with van der Waals surface area (Å²) in [6.45, 7) is 1.51. The molecular weight excluding hydrogens is 366 g/mol. The molecule has 0 saturated carbocycles. The molecule has 1 atom stereocenters. The van der Waals surface area contributed by atoms with Gasteiger partial charge in [-0.25, -0.2) is 8.42 Å². The van der Waals surface area contributed by atoms with Crippen LogP contribution in [0.1, 0.15) is 18.1 Å². The van der Waals surface area contributed by atoms with Crippen LogP contribution in [0.25, 0.3) is 0 Å². The number of anilines is 1. The lowest BCUT2D eigenvalue weighted by molar-refractivity contribution is -0.124. The Kier molecular flexibility index (Phi) is 5.29. The van der Waals surface area contributed by atoms with E-state index < -0.39 is 16.1 Å². The molecule has 8 heteroatoms. The molecule has 2 aromatic rings. The van der Waals surface area contributed by atoms with E-state index in [2.05, 4.69) is 10.6 Å². The SMILES string of the molecule is CNC(=O)[C@H]1Cc2ccccc2CN1S(=O)(=O)c1ccc(NC(C)=O)cc1. The number of nitrogens with zero attached hydrogens (tertiary/aromatic N) is 1. The zero-order chi connectivity index (χ0) is 19.6. The molecule has 0 unspecified atom stereocenters. The number of amides is 2. The summed E-state index contributed by atoms with van der Waals surface area (Å²) >= 11 is 0. The third kappa shape index (κ3) is 3.86. The second-order valence-corrected chi connectivity index (χ2v) is 8.25. The number of carbonyl (C=O) groups is 2. The maximum absolute atomic E-state index is 13.2. The number of carbonyl (C=O) groups excluding carboxylic acids is 2. The molecule has 3 rings (SSSR count). The number of fused-ring (bicyclic) bond motifs is 1. The molecule has 1 heterocycles. The van der Waals surface area contributed by atoms with Crippen LogP contribution < -0.4 is 10.6 Å². The van der Waals surface area contributed by atoms with Gasteiger partial charge in [-0.1, -0.05) is 24.3 Å². The number of benzene rings is 2. The molecule has 7 nitrogen and oxygen atoms in total. The summed E-state index contributed by atoms with van der Waals surface area (Å²) in [7, 11) is -2.40. The molecule has 27 heavy (non-hydrogen) atoms. The monoisotopic (exact) mass is 387 g/mol. The molecule has 0 radical (unpaired) electrons. The highest BCUT2D eigenvalue weighted by Crippen LogP contribution is 2.29. The van der Waals surface area contributed by atoms with E-state index in [1.54, 1.807) is 0 Å². The largest absolute Gasteiger partial charge is 0.358 e. The van der Waals surface area contributed by atoms with Gasteiger partial charge in [-0.15, -0.1) is 0 Å². The van der Waals surface area contributed by atoms with Gasteiger partial charge < -0.3 is 10.6 Å². The second kappa shape index (κ2) is 7.50. The average Bonchev–Trinajstić information content (AvgIpc) is 2.66. The molecular formula is C19H21N3O4S. The van der Waals surface area contributed by atoms with E-state index in [-0.39, 0.29) is 23.3 Å². The third-order valence-electron chi connectivity index (χ3n) is 4.54. The van der Waals surface area contributed by atoms with Crippen LogP contribution in [-0.4, -0.2) is 37.6 Å². The lowest BCUT2D eigenvalue weighted by atomic mass is 9.95. The first-order valence-electron chi connectivity index (χ1n) is 8.51. The number of sulfonamides is 1. The Bertz CT molecular complexity index is 971. The van der Waals surface area contributed by atoms with E-state index in [0.29, 0.717) is 12.1 Å². The zero-order valence-electron chi connectivity index (χ0n) is 15.1. The van der Waals surface area contributed by atoms with Gasteiger partial charge in [-0.05, 0) is 41.8 Å². The maximum Gasteiger partial charge on any atom is 0.244 e. The standard InChI is InChI=1S/C19H21N3O4S/c1-13(23)21-16-7-9-17(10-8-16)27(25,26)22-12-15-6-4-3-5-14(15)11-18(22)19(24)20-2/h3-10,18H,11-12H2,1-2H3,(H,20,24)(H,21,23)/t18-/m1/s1. The van der Waals surface area contributed by atoms with Crippen molar-refractivity contribution in [2.45, 2.75) is 30.8 Å². The highest BCUT2D eigenvalue weighted by molar-refractivity contribution is 7.89. The van der Waals surface area contributed by atoms with E-state index in [1.165, 1.54) is 42.5 Å². The molecule has 2 aromatic carbocycles. The number of hydrogen-bond donors (Lipinski definition) is 2. The maximum atomic E-state index is 13.2. The van der Waals surface area contributed by atoms with Crippen molar-refractivity contribution < 1.29 is 18.0 Å². The van der Waals surface area contributed by atoms with Crippen molar-refractivity contribution in [1.29, 1.82) is 0 Å². The highest BCUT2D eigenvalue weighted by Gasteiger charge is 2.39. The van der Waals surface area contributed by atoms with Gasteiger partial charge in [0.05, 0.1) is 4.90 Å². The molecule has 0 aliphatic carbocycles. The minimum atomic E-state index is -3.89. The van der Waals surface area contributed by atoms with Crippen molar-refractivity contribution in [3.8, 4) is 0 Å². The molecule has 2 N–H and O–H groups in total. The first kappa shape index (κ1) is 19.1. The Labute approximate surface area is 158 Å². The first-order chi connectivity index (χ1) is 12.8. The number of hydrogen-bond acceptors (Lipinski definition) is 4. The summed E-state index contributed by atoms with van der Waals surface area (Å²) in [5.74, 6) is -0.583.